The Balaban J connectivity index is 1.10. The minimum atomic E-state index is 0.715. The standard InChI is InChI=1S/C48H48N6O/c1-29-25-31(3)47(32(4)26-29)51-37(9)45-15-11-13-43(53-45)35(7)49-39-17-21-41(22-18-39)55-42-23-19-40(20-24-42)50-36(8)44-14-12-16-46(54-44)38(10)52-48-33(5)27-30(2)28-34(48)6/h11-28H,1-10H3/b49-35+,50-36+,51-37+,52-38+. The van der Waals surface area contributed by atoms with Crippen LogP contribution in [0.1, 0.15) is 83.9 Å². The maximum Gasteiger partial charge on any atom is 0.127 e. The fourth-order valence-corrected chi connectivity index (χ4v) is 6.64. The lowest BCUT2D eigenvalue weighted by Gasteiger charge is -2.09. The zero-order valence-electron chi connectivity index (χ0n) is 33.5. The minimum absolute atomic E-state index is 0.715. The summed E-state index contributed by atoms with van der Waals surface area (Å²) in [6.45, 7) is 20.6. The molecule has 55 heavy (non-hydrogen) atoms. The van der Waals surface area contributed by atoms with Gasteiger partial charge in [0.2, 0.25) is 0 Å². The van der Waals surface area contributed by atoms with Crippen LogP contribution >= 0.6 is 0 Å². The molecule has 0 unspecified atom stereocenters. The van der Waals surface area contributed by atoms with Gasteiger partial charge in [-0.15, -0.1) is 0 Å². The molecule has 7 nitrogen and oxygen atoms in total. The second-order valence-corrected chi connectivity index (χ2v) is 14.2. The van der Waals surface area contributed by atoms with E-state index >= 15 is 0 Å². The van der Waals surface area contributed by atoms with Crippen molar-refractivity contribution in [3.05, 3.63) is 165 Å². The van der Waals surface area contributed by atoms with Gasteiger partial charge < -0.3 is 4.74 Å². The highest BCUT2D eigenvalue weighted by Crippen LogP contribution is 2.29. The summed E-state index contributed by atoms with van der Waals surface area (Å²) in [6, 6.07) is 36.0. The lowest BCUT2D eigenvalue weighted by atomic mass is 10.1. The molecule has 0 saturated carbocycles. The van der Waals surface area contributed by atoms with Crippen LogP contribution in [0.4, 0.5) is 22.7 Å². The fourth-order valence-electron chi connectivity index (χ4n) is 6.64. The van der Waals surface area contributed by atoms with Gasteiger partial charge in [0, 0.05) is 0 Å². The first kappa shape index (κ1) is 38.4. The lowest BCUT2D eigenvalue weighted by Crippen LogP contribution is -2.05. The maximum atomic E-state index is 6.15. The van der Waals surface area contributed by atoms with Gasteiger partial charge in [-0.05, 0) is 164 Å². The largest absolute Gasteiger partial charge is 0.457 e. The Hall–Kier alpha value is -6.34. The van der Waals surface area contributed by atoms with Crippen molar-refractivity contribution in [2.75, 3.05) is 0 Å². The third kappa shape index (κ3) is 9.61. The molecule has 0 atom stereocenters. The Morgan fingerprint density at radius 2 is 0.691 bits per heavy atom. The normalized spacial score (nSPS) is 12.6. The SMILES string of the molecule is C/C(=N\c1ccc(Oc2ccc(/N=C(\C)c3cccc(/C(C)=N/c4c(C)cc(C)cc4C)n3)cc2)cc1)c1cccc(/C(C)=N/c2c(C)cc(C)cc2C)n1. The number of hydrogen-bond donors (Lipinski definition) is 0. The van der Waals surface area contributed by atoms with Gasteiger partial charge in [-0.3, -0.25) is 20.0 Å². The molecule has 0 radical (unpaired) electrons. The number of benzene rings is 4. The molecule has 0 spiro atoms. The molecular formula is C48H48N6O. The minimum Gasteiger partial charge on any atom is -0.457 e. The highest BCUT2D eigenvalue weighted by molar-refractivity contribution is 6.03. The molecule has 4 aromatic carbocycles. The molecule has 2 heterocycles. The van der Waals surface area contributed by atoms with Crippen LogP contribution in [0.3, 0.4) is 0 Å². The van der Waals surface area contributed by atoms with Crippen molar-refractivity contribution in [1.29, 1.82) is 0 Å². The van der Waals surface area contributed by atoms with Crippen molar-refractivity contribution in [2.24, 2.45) is 20.0 Å². The lowest BCUT2D eigenvalue weighted by molar-refractivity contribution is 0.483. The molecule has 6 rings (SSSR count). The van der Waals surface area contributed by atoms with E-state index in [2.05, 4.69) is 65.8 Å². The summed E-state index contributed by atoms with van der Waals surface area (Å²) in [4.78, 5) is 29.3. The Kier molecular flexibility index (Phi) is 11.7. The first-order chi connectivity index (χ1) is 26.3. The summed E-state index contributed by atoms with van der Waals surface area (Å²) >= 11 is 0. The number of aromatic nitrogens is 2. The smallest absolute Gasteiger partial charge is 0.127 e. The van der Waals surface area contributed by atoms with Gasteiger partial charge >= 0.3 is 0 Å². The van der Waals surface area contributed by atoms with Gasteiger partial charge in [0.05, 0.1) is 68.4 Å². The van der Waals surface area contributed by atoms with Gasteiger partial charge in [-0.2, -0.15) is 0 Å². The molecule has 0 aliphatic carbocycles. The summed E-state index contributed by atoms with van der Waals surface area (Å²) in [6.07, 6.45) is 0. The highest BCUT2D eigenvalue weighted by atomic mass is 16.5. The van der Waals surface area contributed by atoms with Crippen LogP contribution in [0, 0.1) is 41.5 Å². The molecule has 276 valence electrons. The van der Waals surface area contributed by atoms with E-state index in [0.29, 0.717) is 11.5 Å². The van der Waals surface area contributed by atoms with Gasteiger partial charge in [-0.25, -0.2) is 9.97 Å². The number of pyridine rings is 2. The zero-order valence-corrected chi connectivity index (χ0v) is 33.5. The van der Waals surface area contributed by atoms with E-state index in [1.54, 1.807) is 0 Å². The summed E-state index contributed by atoms with van der Waals surface area (Å²) in [7, 11) is 0. The second kappa shape index (κ2) is 16.8. The molecule has 0 amide bonds. The highest BCUT2D eigenvalue weighted by Gasteiger charge is 2.10. The van der Waals surface area contributed by atoms with E-state index < -0.39 is 0 Å². The second-order valence-electron chi connectivity index (χ2n) is 14.2. The van der Waals surface area contributed by atoms with Crippen LogP contribution in [-0.2, 0) is 0 Å². The first-order valence-corrected chi connectivity index (χ1v) is 18.5. The molecule has 2 aromatic heterocycles. The monoisotopic (exact) mass is 724 g/mol. The van der Waals surface area contributed by atoms with Gasteiger partial charge in [0.25, 0.3) is 0 Å². The molecule has 0 aliphatic heterocycles. The van der Waals surface area contributed by atoms with Crippen LogP contribution < -0.4 is 4.74 Å². The number of nitrogens with zero attached hydrogens (tertiary/aromatic N) is 6. The van der Waals surface area contributed by atoms with E-state index in [9.17, 15) is 0 Å². The van der Waals surface area contributed by atoms with Crippen molar-refractivity contribution in [2.45, 2.75) is 69.2 Å². The third-order valence-corrected chi connectivity index (χ3v) is 9.31. The van der Waals surface area contributed by atoms with Crippen molar-refractivity contribution < 1.29 is 4.74 Å². The van der Waals surface area contributed by atoms with Crippen LogP contribution in [0.25, 0.3) is 0 Å². The zero-order chi connectivity index (χ0) is 39.2. The molecule has 0 N–H and O–H groups in total. The Morgan fingerprint density at radius 1 is 0.400 bits per heavy atom. The van der Waals surface area contributed by atoms with Crippen LogP contribution in [-0.4, -0.2) is 32.8 Å². The van der Waals surface area contributed by atoms with E-state index in [0.717, 1.165) is 90.6 Å². The average molecular weight is 725 g/mol. The Bertz CT molecular complexity index is 2270. The quantitative estimate of drug-likeness (QED) is 0.132. The molecule has 0 aliphatic rings. The molecule has 0 saturated heterocycles. The first-order valence-electron chi connectivity index (χ1n) is 18.5. The number of rotatable bonds is 10. The van der Waals surface area contributed by atoms with E-state index in [1.807, 2.05) is 113 Å². The van der Waals surface area contributed by atoms with Crippen LogP contribution in [0.15, 0.2) is 129 Å². The Morgan fingerprint density at radius 3 is 1.00 bits per heavy atom. The molecule has 7 heteroatoms. The van der Waals surface area contributed by atoms with Crippen molar-refractivity contribution >= 4 is 45.6 Å². The predicted octanol–water partition coefficient (Wildman–Crippen LogP) is 12.7. The van der Waals surface area contributed by atoms with Gasteiger partial charge in [0.15, 0.2) is 0 Å². The number of ether oxygens (including phenoxy) is 1. The topological polar surface area (TPSA) is 84.5 Å². The van der Waals surface area contributed by atoms with E-state index in [4.69, 9.17) is 34.7 Å². The van der Waals surface area contributed by atoms with Crippen LogP contribution in [0.2, 0.25) is 0 Å². The molecule has 6 aromatic rings. The van der Waals surface area contributed by atoms with Gasteiger partial charge in [0.1, 0.15) is 11.5 Å². The molecule has 0 bridgehead atoms. The van der Waals surface area contributed by atoms with E-state index in [-0.39, 0.29) is 0 Å². The van der Waals surface area contributed by atoms with Gasteiger partial charge in [-0.1, -0.05) is 47.5 Å². The van der Waals surface area contributed by atoms with Crippen molar-refractivity contribution in [3.8, 4) is 11.5 Å². The number of aliphatic imine (C=N–C) groups is 4. The van der Waals surface area contributed by atoms with Crippen molar-refractivity contribution in [3.63, 3.8) is 0 Å². The van der Waals surface area contributed by atoms with Crippen LogP contribution in [0.5, 0.6) is 11.5 Å². The number of aryl methyl sites for hydroxylation is 6. The maximum absolute atomic E-state index is 6.15. The van der Waals surface area contributed by atoms with Crippen molar-refractivity contribution in [1.82, 2.24) is 9.97 Å². The number of hydrogen-bond acceptors (Lipinski definition) is 7. The summed E-state index contributed by atoms with van der Waals surface area (Å²) in [5.41, 5.74) is 17.4. The molecular weight excluding hydrogens is 677 g/mol. The fraction of sp³-hybridized carbons (Fsp3) is 0.208. The summed E-state index contributed by atoms with van der Waals surface area (Å²) in [5.74, 6) is 1.43. The average Bonchev–Trinajstić information content (AvgIpc) is 3.16. The third-order valence-electron chi connectivity index (χ3n) is 9.31. The Labute approximate surface area is 325 Å². The summed E-state index contributed by atoms with van der Waals surface area (Å²) in [5, 5.41) is 0. The summed E-state index contributed by atoms with van der Waals surface area (Å²) < 4.78 is 6.15. The molecule has 0 fully saturated rings. The van der Waals surface area contributed by atoms with E-state index in [1.165, 1.54) is 11.1 Å². The predicted molar refractivity (Wildman–Crippen MR) is 230 cm³/mol.